The van der Waals surface area contributed by atoms with E-state index in [2.05, 4.69) is 10.5 Å². The van der Waals surface area contributed by atoms with Gasteiger partial charge in [0.25, 0.3) is 0 Å². The van der Waals surface area contributed by atoms with Crippen molar-refractivity contribution in [2.45, 2.75) is 0 Å². The fraction of sp³-hybridized carbons (Fsp3) is 0.167. The molecule has 0 bridgehead atoms. The van der Waals surface area contributed by atoms with Gasteiger partial charge in [-0.25, -0.2) is 5.43 Å². The number of carbonyl (C=O) groups excluding carboxylic acids is 1. The van der Waals surface area contributed by atoms with Crippen LogP contribution in [0.25, 0.3) is 0 Å². The van der Waals surface area contributed by atoms with E-state index in [-0.39, 0.29) is 5.76 Å². The Morgan fingerprint density at radius 2 is 2.22 bits per heavy atom. The average Bonchev–Trinajstić information content (AvgIpc) is 3.00. The van der Waals surface area contributed by atoms with Crippen molar-refractivity contribution in [1.29, 1.82) is 0 Å². The number of nitrogens with zero attached hydrogens (tertiary/aromatic N) is 2. The number of hydrogen-bond acceptors (Lipinski definition) is 5. The summed E-state index contributed by atoms with van der Waals surface area (Å²) in [6.45, 7) is 0. The first-order valence-electron chi connectivity index (χ1n) is 5.31. The average molecular weight is 247 g/mol. The Balaban J connectivity index is 1.93. The first kappa shape index (κ1) is 12.0. The molecule has 0 aliphatic rings. The van der Waals surface area contributed by atoms with Gasteiger partial charge in [-0.3, -0.25) is 4.79 Å². The second kappa shape index (κ2) is 5.22. The minimum absolute atomic E-state index is 0.209. The summed E-state index contributed by atoms with van der Waals surface area (Å²) in [7, 11) is 3.75. The molecule has 2 rings (SSSR count). The lowest BCUT2D eigenvalue weighted by Crippen LogP contribution is -2.16. The highest BCUT2D eigenvalue weighted by Crippen LogP contribution is 2.13. The molecule has 18 heavy (non-hydrogen) atoms. The van der Waals surface area contributed by atoms with E-state index in [9.17, 15) is 4.79 Å². The molecule has 0 unspecified atom stereocenters. The monoisotopic (exact) mass is 247 g/mol. The van der Waals surface area contributed by atoms with Crippen molar-refractivity contribution in [3.8, 4) is 0 Å². The zero-order valence-electron chi connectivity index (χ0n) is 10.1. The summed E-state index contributed by atoms with van der Waals surface area (Å²) in [4.78, 5) is 13.3. The molecule has 0 radical (unpaired) electrons. The summed E-state index contributed by atoms with van der Waals surface area (Å²) in [5, 5.41) is 3.77. The number of furan rings is 2. The molecule has 2 aromatic rings. The van der Waals surface area contributed by atoms with Gasteiger partial charge in [-0.1, -0.05) is 0 Å². The number of nitrogens with one attached hydrogen (secondary N) is 1. The number of anilines is 1. The molecule has 0 fully saturated rings. The van der Waals surface area contributed by atoms with E-state index in [1.54, 1.807) is 18.2 Å². The van der Waals surface area contributed by atoms with Gasteiger partial charge in [0, 0.05) is 20.2 Å². The Bertz CT molecular complexity index is 541. The Morgan fingerprint density at radius 3 is 2.83 bits per heavy atom. The molecule has 2 heterocycles. The van der Waals surface area contributed by atoms with E-state index in [4.69, 9.17) is 8.83 Å². The highest BCUT2D eigenvalue weighted by Gasteiger charge is 2.06. The van der Waals surface area contributed by atoms with Crippen LogP contribution < -0.4 is 10.3 Å². The maximum atomic E-state index is 11.5. The zero-order chi connectivity index (χ0) is 13.0. The molecular weight excluding hydrogens is 234 g/mol. The van der Waals surface area contributed by atoms with Gasteiger partial charge in [-0.05, 0) is 18.2 Å². The van der Waals surface area contributed by atoms with E-state index in [0.29, 0.717) is 11.6 Å². The Labute approximate surface area is 104 Å². The van der Waals surface area contributed by atoms with Crippen molar-refractivity contribution < 1.29 is 13.6 Å². The fourth-order valence-corrected chi connectivity index (χ4v) is 1.27. The lowest BCUT2D eigenvalue weighted by atomic mass is 10.4. The molecular formula is C12H13N3O3. The van der Waals surface area contributed by atoms with E-state index >= 15 is 0 Å². The Kier molecular flexibility index (Phi) is 3.47. The van der Waals surface area contributed by atoms with Gasteiger partial charge >= 0.3 is 5.91 Å². The molecule has 2 aromatic heterocycles. The molecule has 0 saturated carbocycles. The summed E-state index contributed by atoms with van der Waals surface area (Å²) in [6, 6.07) is 6.77. The number of hydrogen-bond donors (Lipinski definition) is 1. The van der Waals surface area contributed by atoms with Crippen LogP contribution in [-0.2, 0) is 0 Å². The smallest absolute Gasteiger partial charge is 0.307 e. The van der Waals surface area contributed by atoms with Crippen molar-refractivity contribution in [2.24, 2.45) is 5.10 Å². The van der Waals surface area contributed by atoms with Crippen LogP contribution in [-0.4, -0.2) is 26.2 Å². The summed E-state index contributed by atoms with van der Waals surface area (Å²) >= 11 is 0. The van der Waals surface area contributed by atoms with Crippen molar-refractivity contribution in [3.05, 3.63) is 42.0 Å². The molecule has 0 spiro atoms. The molecule has 1 amide bonds. The second-order valence-corrected chi connectivity index (χ2v) is 3.75. The first-order valence-corrected chi connectivity index (χ1v) is 5.31. The molecule has 94 valence electrons. The maximum absolute atomic E-state index is 11.5. The predicted octanol–water partition coefficient (Wildman–Crippen LogP) is 1.70. The third-order valence-corrected chi connectivity index (χ3v) is 2.16. The topological polar surface area (TPSA) is 71.0 Å². The van der Waals surface area contributed by atoms with Crippen LogP contribution in [0.1, 0.15) is 16.3 Å². The van der Waals surface area contributed by atoms with Crippen LogP contribution in [0.4, 0.5) is 5.88 Å². The summed E-state index contributed by atoms with van der Waals surface area (Å²) in [6.07, 6.45) is 2.85. The Hall–Kier alpha value is -2.50. The van der Waals surface area contributed by atoms with Crippen LogP contribution in [0.2, 0.25) is 0 Å². The highest BCUT2D eigenvalue weighted by atomic mass is 16.4. The number of hydrazone groups is 1. The second-order valence-electron chi connectivity index (χ2n) is 3.75. The molecule has 6 heteroatoms. The minimum Gasteiger partial charge on any atom is -0.459 e. The van der Waals surface area contributed by atoms with Gasteiger partial charge < -0.3 is 13.7 Å². The van der Waals surface area contributed by atoms with Crippen LogP contribution in [0.15, 0.2) is 44.5 Å². The van der Waals surface area contributed by atoms with Crippen molar-refractivity contribution in [3.63, 3.8) is 0 Å². The lowest BCUT2D eigenvalue weighted by Gasteiger charge is -2.05. The van der Waals surface area contributed by atoms with Gasteiger partial charge in [0.05, 0.1) is 12.5 Å². The van der Waals surface area contributed by atoms with Crippen molar-refractivity contribution >= 4 is 18.0 Å². The third kappa shape index (κ3) is 2.79. The van der Waals surface area contributed by atoms with Crippen LogP contribution >= 0.6 is 0 Å². The predicted molar refractivity (Wildman–Crippen MR) is 66.8 cm³/mol. The SMILES string of the molecule is CN(C)c1ccc(/C=N/NC(=O)c2ccco2)o1. The minimum atomic E-state index is -0.407. The summed E-state index contributed by atoms with van der Waals surface area (Å²) < 4.78 is 10.3. The zero-order valence-corrected chi connectivity index (χ0v) is 10.1. The van der Waals surface area contributed by atoms with Gasteiger partial charge in [0.2, 0.25) is 0 Å². The summed E-state index contributed by atoms with van der Waals surface area (Å²) in [5.74, 6) is 1.07. The molecule has 6 nitrogen and oxygen atoms in total. The van der Waals surface area contributed by atoms with Gasteiger partial charge in [-0.2, -0.15) is 5.10 Å². The van der Waals surface area contributed by atoms with Gasteiger partial charge in [0.15, 0.2) is 11.6 Å². The van der Waals surface area contributed by atoms with Crippen molar-refractivity contribution in [1.82, 2.24) is 5.43 Å². The van der Waals surface area contributed by atoms with E-state index in [1.165, 1.54) is 12.5 Å². The largest absolute Gasteiger partial charge is 0.459 e. The van der Waals surface area contributed by atoms with Crippen LogP contribution in [0.3, 0.4) is 0 Å². The van der Waals surface area contributed by atoms with Crippen molar-refractivity contribution in [2.75, 3.05) is 19.0 Å². The normalized spacial score (nSPS) is 10.8. The molecule has 0 saturated heterocycles. The molecule has 0 aromatic carbocycles. The fourth-order valence-electron chi connectivity index (χ4n) is 1.27. The number of carbonyl (C=O) groups is 1. The summed E-state index contributed by atoms with van der Waals surface area (Å²) in [5.41, 5.74) is 2.34. The maximum Gasteiger partial charge on any atom is 0.307 e. The quantitative estimate of drug-likeness (QED) is 0.659. The lowest BCUT2D eigenvalue weighted by molar-refractivity contribution is 0.0927. The van der Waals surface area contributed by atoms with Gasteiger partial charge in [-0.15, -0.1) is 0 Å². The first-order chi connectivity index (χ1) is 8.66. The third-order valence-electron chi connectivity index (χ3n) is 2.16. The standard InChI is InChI=1S/C12H13N3O3/c1-15(2)11-6-5-9(18-11)8-13-14-12(16)10-4-3-7-17-10/h3-8H,1-2H3,(H,14,16)/b13-8+. The van der Waals surface area contributed by atoms with E-state index < -0.39 is 5.91 Å². The van der Waals surface area contributed by atoms with E-state index in [0.717, 1.165) is 0 Å². The van der Waals surface area contributed by atoms with Crippen LogP contribution in [0, 0.1) is 0 Å². The Morgan fingerprint density at radius 1 is 1.39 bits per heavy atom. The van der Waals surface area contributed by atoms with Crippen LogP contribution in [0.5, 0.6) is 0 Å². The molecule has 0 aliphatic heterocycles. The molecule has 1 N–H and O–H groups in total. The number of amides is 1. The molecule has 0 aliphatic carbocycles. The van der Waals surface area contributed by atoms with Gasteiger partial charge in [0.1, 0.15) is 5.76 Å². The molecule has 0 atom stereocenters. The highest BCUT2D eigenvalue weighted by molar-refractivity contribution is 5.92. The van der Waals surface area contributed by atoms with E-state index in [1.807, 2.05) is 25.1 Å². The number of rotatable bonds is 4.